The lowest BCUT2D eigenvalue weighted by molar-refractivity contribution is 0.0749. The van der Waals surface area contributed by atoms with Crippen molar-refractivity contribution >= 4 is 0 Å². The summed E-state index contributed by atoms with van der Waals surface area (Å²) in [5, 5.41) is 13.7. The molecule has 140 valence electrons. The molecule has 1 N–H and O–H groups in total. The van der Waals surface area contributed by atoms with Crippen LogP contribution in [0.3, 0.4) is 0 Å². The summed E-state index contributed by atoms with van der Waals surface area (Å²) in [6.07, 6.45) is 5.08. The lowest BCUT2D eigenvalue weighted by Gasteiger charge is -2.33. The predicted molar refractivity (Wildman–Crippen MR) is 101 cm³/mol. The zero-order valence-electron chi connectivity index (χ0n) is 15.4. The Bertz CT molecular complexity index is 893. The lowest BCUT2D eigenvalue weighted by Crippen LogP contribution is -2.41. The maximum atomic E-state index is 9.54. The van der Waals surface area contributed by atoms with E-state index in [-0.39, 0.29) is 12.6 Å². The summed E-state index contributed by atoms with van der Waals surface area (Å²) in [6, 6.07) is 10.0. The first kappa shape index (κ1) is 17.8. The van der Waals surface area contributed by atoms with Crippen LogP contribution in [0.2, 0.25) is 0 Å². The van der Waals surface area contributed by atoms with Gasteiger partial charge in [-0.25, -0.2) is 9.97 Å². The smallest absolute Gasteiger partial charge is 0.241 e. The zero-order chi connectivity index (χ0) is 18.6. The molecule has 3 heterocycles. The minimum absolute atomic E-state index is 0.172. The van der Waals surface area contributed by atoms with Crippen molar-refractivity contribution in [1.82, 2.24) is 25.0 Å². The third kappa shape index (κ3) is 4.04. The van der Waals surface area contributed by atoms with Crippen LogP contribution in [0.1, 0.15) is 31.0 Å². The van der Waals surface area contributed by atoms with Crippen LogP contribution >= 0.6 is 0 Å². The van der Waals surface area contributed by atoms with E-state index in [1.54, 1.807) is 6.20 Å². The number of aliphatic hydroxyl groups excluding tert-OH is 1. The molecule has 2 aromatic heterocycles. The molecule has 27 heavy (non-hydrogen) atoms. The molecule has 4 rings (SSSR count). The zero-order valence-corrected chi connectivity index (χ0v) is 15.4. The number of aliphatic hydroxyl groups is 1. The second-order valence-corrected chi connectivity index (χ2v) is 6.88. The molecule has 7 heteroatoms. The largest absolute Gasteiger partial charge is 0.395 e. The molecular weight excluding hydrogens is 342 g/mol. The Kier molecular flexibility index (Phi) is 5.22. The van der Waals surface area contributed by atoms with Gasteiger partial charge in [-0.05, 0) is 32.4 Å². The Morgan fingerprint density at radius 2 is 1.93 bits per heavy atom. The molecule has 0 aliphatic carbocycles. The number of aromatic nitrogens is 4. The maximum absolute atomic E-state index is 9.54. The summed E-state index contributed by atoms with van der Waals surface area (Å²) in [4.78, 5) is 15.3. The fraction of sp³-hybridized carbons (Fsp3) is 0.400. The number of aryl methyl sites for hydroxylation is 1. The molecule has 0 bridgehead atoms. The average Bonchev–Trinajstić information content (AvgIpc) is 3.17. The highest BCUT2D eigenvalue weighted by molar-refractivity contribution is 5.64. The van der Waals surface area contributed by atoms with Gasteiger partial charge in [0.2, 0.25) is 11.7 Å². The molecule has 7 nitrogen and oxygen atoms in total. The Balaban J connectivity index is 1.48. The third-order valence-electron chi connectivity index (χ3n) is 4.98. The van der Waals surface area contributed by atoms with E-state index >= 15 is 0 Å². The van der Waals surface area contributed by atoms with Crippen molar-refractivity contribution in [3.05, 3.63) is 48.2 Å². The minimum Gasteiger partial charge on any atom is -0.395 e. The molecule has 1 aliphatic heterocycles. The summed E-state index contributed by atoms with van der Waals surface area (Å²) in [7, 11) is 0. The number of likely N-dealkylation sites (tertiary alicyclic amines) is 1. The number of hydrogen-bond acceptors (Lipinski definition) is 7. The van der Waals surface area contributed by atoms with Gasteiger partial charge in [-0.15, -0.1) is 0 Å². The van der Waals surface area contributed by atoms with Gasteiger partial charge in [0, 0.05) is 23.4 Å². The van der Waals surface area contributed by atoms with Gasteiger partial charge in [-0.3, -0.25) is 4.90 Å². The first-order chi connectivity index (χ1) is 13.2. The molecule has 3 aromatic rings. The number of nitrogens with zero attached hydrogens (tertiary/aromatic N) is 5. The van der Waals surface area contributed by atoms with Gasteiger partial charge < -0.3 is 9.63 Å². The molecule has 1 atom stereocenters. The van der Waals surface area contributed by atoms with E-state index in [9.17, 15) is 5.11 Å². The van der Waals surface area contributed by atoms with E-state index in [4.69, 9.17) is 4.52 Å². The summed E-state index contributed by atoms with van der Waals surface area (Å²) >= 11 is 0. The van der Waals surface area contributed by atoms with Crippen LogP contribution in [0, 0.1) is 6.92 Å². The van der Waals surface area contributed by atoms with Gasteiger partial charge in [0.15, 0.2) is 0 Å². The van der Waals surface area contributed by atoms with Gasteiger partial charge in [-0.1, -0.05) is 35.8 Å². The molecule has 1 unspecified atom stereocenters. The maximum Gasteiger partial charge on any atom is 0.241 e. The first-order valence-corrected chi connectivity index (χ1v) is 9.31. The predicted octanol–water partition coefficient (Wildman–Crippen LogP) is 2.85. The Morgan fingerprint density at radius 3 is 2.70 bits per heavy atom. The Hall–Kier alpha value is -2.64. The highest BCUT2D eigenvalue weighted by Crippen LogP contribution is 2.23. The third-order valence-corrected chi connectivity index (χ3v) is 4.98. The second-order valence-electron chi connectivity index (χ2n) is 6.88. The molecule has 0 saturated carbocycles. The molecule has 0 radical (unpaired) electrons. The van der Waals surface area contributed by atoms with Crippen LogP contribution < -0.4 is 0 Å². The summed E-state index contributed by atoms with van der Waals surface area (Å²) in [6.45, 7) is 3.58. The van der Waals surface area contributed by atoms with Crippen LogP contribution in [0.25, 0.3) is 22.6 Å². The molecule has 1 aromatic carbocycles. The van der Waals surface area contributed by atoms with Gasteiger partial charge >= 0.3 is 0 Å². The standard InChI is InChI=1S/C20H23N5O2/c1-14-21-10-9-18(22-14)15-5-7-16(8-6-15)20-23-19(27-24-20)12-25-11-3-2-4-17(25)13-26/h5-10,17,26H,2-4,11-13H2,1H3. The van der Waals surface area contributed by atoms with Crippen molar-refractivity contribution in [3.8, 4) is 22.6 Å². The van der Waals surface area contributed by atoms with Gasteiger partial charge in [-0.2, -0.15) is 4.98 Å². The summed E-state index contributed by atoms with van der Waals surface area (Å²) in [5.41, 5.74) is 2.81. The lowest BCUT2D eigenvalue weighted by atomic mass is 10.0. The molecule has 0 amide bonds. The SMILES string of the molecule is Cc1nccc(-c2ccc(-c3noc(CN4CCCCC4CO)n3)cc2)n1. The fourth-order valence-electron chi connectivity index (χ4n) is 3.49. The van der Waals surface area contributed by atoms with Crippen LogP contribution in [0.4, 0.5) is 0 Å². The van der Waals surface area contributed by atoms with Gasteiger partial charge in [0.1, 0.15) is 5.82 Å². The van der Waals surface area contributed by atoms with Crippen molar-refractivity contribution in [1.29, 1.82) is 0 Å². The minimum atomic E-state index is 0.172. The van der Waals surface area contributed by atoms with Crippen molar-refractivity contribution < 1.29 is 9.63 Å². The number of rotatable bonds is 5. The first-order valence-electron chi connectivity index (χ1n) is 9.31. The Labute approximate surface area is 158 Å². The van der Waals surface area contributed by atoms with E-state index in [1.165, 1.54) is 0 Å². The van der Waals surface area contributed by atoms with E-state index in [0.717, 1.165) is 48.5 Å². The second kappa shape index (κ2) is 7.94. The van der Waals surface area contributed by atoms with Crippen molar-refractivity contribution in [2.45, 2.75) is 38.8 Å². The van der Waals surface area contributed by atoms with E-state index in [1.807, 2.05) is 37.3 Å². The van der Waals surface area contributed by atoms with Gasteiger partial charge in [0.25, 0.3) is 0 Å². The van der Waals surface area contributed by atoms with Crippen LogP contribution in [-0.2, 0) is 6.54 Å². The summed E-state index contributed by atoms with van der Waals surface area (Å²) < 4.78 is 5.44. The molecule has 1 fully saturated rings. The normalized spacial score (nSPS) is 17.9. The van der Waals surface area contributed by atoms with Crippen LogP contribution in [0.5, 0.6) is 0 Å². The van der Waals surface area contributed by atoms with Crippen molar-refractivity contribution in [2.24, 2.45) is 0 Å². The van der Waals surface area contributed by atoms with Crippen molar-refractivity contribution in [3.63, 3.8) is 0 Å². The quantitative estimate of drug-likeness (QED) is 0.744. The molecule has 1 aliphatic rings. The van der Waals surface area contributed by atoms with Crippen molar-refractivity contribution in [2.75, 3.05) is 13.2 Å². The summed E-state index contributed by atoms with van der Waals surface area (Å²) in [5.74, 6) is 1.91. The monoisotopic (exact) mass is 365 g/mol. The average molecular weight is 365 g/mol. The van der Waals surface area contributed by atoms with Crippen LogP contribution in [-0.4, -0.2) is 49.3 Å². The number of piperidine rings is 1. The highest BCUT2D eigenvalue weighted by atomic mass is 16.5. The number of benzene rings is 1. The van der Waals surface area contributed by atoms with Gasteiger partial charge in [0.05, 0.1) is 18.8 Å². The topological polar surface area (TPSA) is 88.2 Å². The number of hydrogen-bond donors (Lipinski definition) is 1. The van der Waals surface area contributed by atoms with Crippen LogP contribution in [0.15, 0.2) is 41.1 Å². The molecule has 0 spiro atoms. The molecule has 1 saturated heterocycles. The Morgan fingerprint density at radius 1 is 1.11 bits per heavy atom. The molecular formula is C20H23N5O2. The van der Waals surface area contributed by atoms with E-state index in [0.29, 0.717) is 18.3 Å². The fourth-order valence-corrected chi connectivity index (χ4v) is 3.49. The highest BCUT2D eigenvalue weighted by Gasteiger charge is 2.23. The van der Waals surface area contributed by atoms with E-state index < -0.39 is 0 Å². The van der Waals surface area contributed by atoms with E-state index in [2.05, 4.69) is 25.0 Å².